The van der Waals surface area contributed by atoms with Crippen LogP contribution in [0.3, 0.4) is 0 Å². The predicted molar refractivity (Wildman–Crippen MR) is 117 cm³/mol. The molecule has 8 heteroatoms. The van der Waals surface area contributed by atoms with E-state index in [0.717, 1.165) is 35.4 Å². The van der Waals surface area contributed by atoms with E-state index in [9.17, 15) is 9.90 Å². The van der Waals surface area contributed by atoms with Gasteiger partial charge in [0.15, 0.2) is 11.5 Å². The van der Waals surface area contributed by atoms with Gasteiger partial charge < -0.3 is 15.2 Å². The minimum atomic E-state index is -0.414. The highest BCUT2D eigenvalue weighted by Gasteiger charge is 2.37. The highest BCUT2D eigenvalue weighted by molar-refractivity contribution is 7.99. The van der Waals surface area contributed by atoms with Gasteiger partial charge in [-0.2, -0.15) is 0 Å². The summed E-state index contributed by atoms with van der Waals surface area (Å²) in [5.74, 6) is 1.37. The number of hydrogen-bond acceptors (Lipinski definition) is 6. The van der Waals surface area contributed by atoms with Gasteiger partial charge in [0.2, 0.25) is 5.16 Å². The topological polar surface area (TPSA) is 91.1 Å². The number of thioether (sulfide) groups is 1. The fraction of sp³-hybridized carbons (Fsp3) is 0.318. The van der Waals surface area contributed by atoms with E-state index < -0.39 is 6.17 Å². The zero-order valence-corrected chi connectivity index (χ0v) is 17.8. The Hall–Kier alpha value is -3.00. The van der Waals surface area contributed by atoms with Gasteiger partial charge in [0.1, 0.15) is 0 Å². The number of nitrogens with zero attached hydrogens (tertiary/aromatic N) is 2. The summed E-state index contributed by atoms with van der Waals surface area (Å²) >= 11 is 1.54. The molecule has 1 aliphatic rings. The van der Waals surface area contributed by atoms with Crippen molar-refractivity contribution in [1.29, 1.82) is 0 Å². The molecule has 4 rings (SSSR count). The van der Waals surface area contributed by atoms with Crippen LogP contribution in [-0.4, -0.2) is 27.5 Å². The predicted octanol–water partition coefficient (Wildman–Crippen LogP) is 3.69. The van der Waals surface area contributed by atoms with Crippen LogP contribution in [0.5, 0.6) is 11.5 Å². The number of phenols is 1. The van der Waals surface area contributed by atoms with Crippen molar-refractivity contribution >= 4 is 17.4 Å². The number of anilines is 1. The first-order valence-electron chi connectivity index (χ1n) is 10.1. The second-order valence-electron chi connectivity index (χ2n) is 7.01. The van der Waals surface area contributed by atoms with E-state index in [-0.39, 0.29) is 11.3 Å². The van der Waals surface area contributed by atoms with Crippen molar-refractivity contribution in [2.45, 2.75) is 38.0 Å². The number of aromatic nitrogens is 3. The van der Waals surface area contributed by atoms with Crippen LogP contribution < -0.4 is 20.3 Å². The molecule has 1 atom stereocenters. The minimum Gasteiger partial charge on any atom is -0.504 e. The second-order valence-corrected chi connectivity index (χ2v) is 8.09. The number of nitrogens with one attached hydrogen (secondary N) is 2. The summed E-state index contributed by atoms with van der Waals surface area (Å²) in [4.78, 5) is 16.0. The highest BCUT2D eigenvalue weighted by atomic mass is 32.2. The van der Waals surface area contributed by atoms with Crippen molar-refractivity contribution in [1.82, 2.24) is 10.1 Å². The zero-order chi connectivity index (χ0) is 21.1. The summed E-state index contributed by atoms with van der Waals surface area (Å²) in [6.07, 6.45) is 1.72. The SMILES string of the molecule is CCCCSc1n[n+]2c(c(=O)[nH]1)-c1ccccc1N[C@H]2c1ccc(O)c(OCC)c1. The number of H-pyrrole nitrogens is 1. The number of aromatic hydroxyl groups is 1. The van der Waals surface area contributed by atoms with Gasteiger partial charge in [0.05, 0.1) is 17.9 Å². The molecule has 1 aromatic heterocycles. The van der Waals surface area contributed by atoms with Gasteiger partial charge in [-0.25, -0.2) is 0 Å². The molecule has 0 aliphatic carbocycles. The Bertz CT molecular complexity index is 1120. The molecule has 0 saturated carbocycles. The molecule has 0 bridgehead atoms. The maximum Gasteiger partial charge on any atom is 0.325 e. The number of aromatic amines is 1. The van der Waals surface area contributed by atoms with E-state index in [4.69, 9.17) is 9.84 Å². The molecule has 2 heterocycles. The van der Waals surface area contributed by atoms with Crippen LogP contribution in [0.2, 0.25) is 0 Å². The molecule has 156 valence electrons. The average Bonchev–Trinajstić information content (AvgIpc) is 2.75. The van der Waals surface area contributed by atoms with E-state index in [1.54, 1.807) is 28.6 Å². The van der Waals surface area contributed by atoms with Crippen LogP contribution in [0.15, 0.2) is 52.4 Å². The van der Waals surface area contributed by atoms with Crippen LogP contribution in [0.1, 0.15) is 38.4 Å². The molecule has 3 N–H and O–H groups in total. The molecule has 0 saturated heterocycles. The molecule has 7 nitrogen and oxygen atoms in total. The monoisotopic (exact) mass is 425 g/mol. The lowest BCUT2D eigenvalue weighted by molar-refractivity contribution is -0.759. The number of hydrogen-bond donors (Lipinski definition) is 3. The van der Waals surface area contributed by atoms with Crippen LogP contribution >= 0.6 is 11.8 Å². The molecular formula is C22H25N4O3S+. The fourth-order valence-corrected chi connectivity index (χ4v) is 4.40. The molecule has 0 unspecified atom stereocenters. The molecule has 0 fully saturated rings. The Kier molecular flexibility index (Phi) is 5.94. The zero-order valence-electron chi connectivity index (χ0n) is 17.0. The van der Waals surface area contributed by atoms with E-state index in [1.807, 2.05) is 37.3 Å². The van der Waals surface area contributed by atoms with Crippen molar-refractivity contribution in [3.05, 3.63) is 58.4 Å². The first kappa shape index (κ1) is 20.3. The third-order valence-corrected chi connectivity index (χ3v) is 5.87. The van der Waals surface area contributed by atoms with Gasteiger partial charge in [-0.05, 0) is 48.4 Å². The third kappa shape index (κ3) is 3.87. The van der Waals surface area contributed by atoms with E-state index in [2.05, 4.69) is 17.2 Å². The highest BCUT2D eigenvalue weighted by Crippen LogP contribution is 2.34. The number of rotatable bonds is 7. The minimum absolute atomic E-state index is 0.0803. The largest absolute Gasteiger partial charge is 0.504 e. The molecule has 30 heavy (non-hydrogen) atoms. The first-order chi connectivity index (χ1) is 14.6. The number of para-hydroxylation sites is 1. The molecule has 2 aromatic carbocycles. The number of phenolic OH excluding ortho intramolecular Hbond substituents is 1. The molecule has 0 spiro atoms. The quantitative estimate of drug-likeness (QED) is 0.304. The van der Waals surface area contributed by atoms with Crippen LogP contribution in [0.25, 0.3) is 11.3 Å². The maximum atomic E-state index is 13.1. The lowest BCUT2D eigenvalue weighted by Gasteiger charge is -2.22. The molecular weight excluding hydrogens is 400 g/mol. The molecule has 0 radical (unpaired) electrons. The fourth-order valence-electron chi connectivity index (χ4n) is 3.46. The third-order valence-electron chi connectivity index (χ3n) is 4.92. The summed E-state index contributed by atoms with van der Waals surface area (Å²) in [7, 11) is 0. The Morgan fingerprint density at radius 2 is 2.07 bits per heavy atom. The van der Waals surface area contributed by atoms with E-state index in [1.165, 1.54) is 0 Å². The number of benzene rings is 2. The Balaban J connectivity index is 1.84. The Morgan fingerprint density at radius 3 is 2.87 bits per heavy atom. The second kappa shape index (κ2) is 8.79. The van der Waals surface area contributed by atoms with Gasteiger partial charge in [-0.3, -0.25) is 9.78 Å². The number of fused-ring (bicyclic) bond motifs is 3. The lowest BCUT2D eigenvalue weighted by atomic mass is 10.0. The summed E-state index contributed by atoms with van der Waals surface area (Å²) < 4.78 is 7.29. The van der Waals surface area contributed by atoms with Gasteiger partial charge in [-0.15, -0.1) is 0 Å². The van der Waals surface area contributed by atoms with E-state index >= 15 is 0 Å². The van der Waals surface area contributed by atoms with Crippen molar-refractivity contribution in [3.8, 4) is 22.8 Å². The Morgan fingerprint density at radius 1 is 1.23 bits per heavy atom. The molecule has 1 aliphatic heterocycles. The van der Waals surface area contributed by atoms with E-state index in [0.29, 0.717) is 23.2 Å². The first-order valence-corrected chi connectivity index (χ1v) is 11.1. The normalized spacial score (nSPS) is 14.5. The van der Waals surface area contributed by atoms with Gasteiger partial charge in [-0.1, -0.05) is 37.2 Å². The van der Waals surface area contributed by atoms with Crippen LogP contribution in [0.4, 0.5) is 5.69 Å². The maximum absolute atomic E-state index is 13.1. The van der Waals surface area contributed by atoms with Crippen LogP contribution in [-0.2, 0) is 0 Å². The number of unbranched alkanes of at least 4 members (excludes halogenated alkanes) is 1. The van der Waals surface area contributed by atoms with Gasteiger partial charge in [0.25, 0.3) is 6.17 Å². The molecule has 0 amide bonds. The summed E-state index contributed by atoms with van der Waals surface area (Å²) in [5.41, 5.74) is 2.82. The standard InChI is InChI=1S/C22H24N4O3S/c1-3-5-12-30-22-24-21(28)19-15-8-6-7-9-16(15)23-20(26(19)25-22)14-10-11-17(27)18(13-14)29-4-2/h6-11,13,20H,3-5,12H2,1-2H3,(H2,24,25,27,28)/p+1/t20-/m1/s1. The summed E-state index contributed by atoms with van der Waals surface area (Å²) in [6.45, 7) is 4.44. The molecule has 3 aromatic rings. The Labute approximate surface area is 179 Å². The number of ether oxygens (including phenoxy) is 1. The van der Waals surface area contributed by atoms with Crippen molar-refractivity contribution in [3.63, 3.8) is 0 Å². The van der Waals surface area contributed by atoms with Crippen molar-refractivity contribution in [2.24, 2.45) is 0 Å². The van der Waals surface area contributed by atoms with Gasteiger partial charge in [0, 0.05) is 16.4 Å². The van der Waals surface area contributed by atoms with Gasteiger partial charge >= 0.3 is 11.3 Å². The lowest BCUT2D eigenvalue weighted by Crippen LogP contribution is -2.55. The average molecular weight is 426 g/mol. The smallest absolute Gasteiger partial charge is 0.325 e. The summed E-state index contributed by atoms with van der Waals surface area (Å²) in [6, 6.07) is 12.9. The van der Waals surface area contributed by atoms with Crippen molar-refractivity contribution in [2.75, 3.05) is 17.7 Å². The van der Waals surface area contributed by atoms with Crippen molar-refractivity contribution < 1.29 is 14.5 Å². The summed E-state index contributed by atoms with van der Waals surface area (Å²) in [5, 5.41) is 18.9. The van der Waals surface area contributed by atoms with Crippen LogP contribution in [0, 0.1) is 0 Å².